The highest BCUT2D eigenvalue weighted by molar-refractivity contribution is 5.73. The first-order chi connectivity index (χ1) is 12.2. The molecule has 0 aliphatic carbocycles. The van der Waals surface area contributed by atoms with Crippen LogP contribution in [0.1, 0.15) is 18.4 Å². The molecule has 3 rings (SSSR count). The van der Waals surface area contributed by atoms with Gasteiger partial charge in [0.1, 0.15) is 18.4 Å². The number of carbonyl (C=O) groups is 1. The summed E-state index contributed by atoms with van der Waals surface area (Å²) in [6, 6.07) is 16.7. The minimum Gasteiger partial charge on any atom is -0.427 e. The third-order valence-corrected chi connectivity index (χ3v) is 3.67. The highest BCUT2D eigenvalue weighted by Gasteiger charge is 2.06. The number of ether oxygens (including phenoxy) is 1. The van der Waals surface area contributed by atoms with Gasteiger partial charge in [0.25, 0.3) is 0 Å². The molecule has 124 valence electrons. The van der Waals surface area contributed by atoms with Gasteiger partial charge in [0.05, 0.1) is 11.6 Å². The number of hydrogen-bond donors (Lipinski definition) is 0. The van der Waals surface area contributed by atoms with E-state index in [1.165, 1.54) is 6.33 Å². The normalized spacial score (nSPS) is 10.2. The molecule has 0 aliphatic rings. The van der Waals surface area contributed by atoms with Crippen LogP contribution < -0.4 is 4.74 Å². The Morgan fingerprint density at radius 3 is 2.36 bits per heavy atom. The zero-order chi connectivity index (χ0) is 17.5. The van der Waals surface area contributed by atoms with Crippen LogP contribution >= 0.6 is 0 Å². The SMILES string of the molecule is N#Cc1ccc(-c2ccc(OC(=O)CCCn3cncn3)cc2)cc1. The van der Waals surface area contributed by atoms with E-state index in [0.29, 0.717) is 30.7 Å². The first kappa shape index (κ1) is 16.4. The number of nitrogens with zero attached hydrogens (tertiary/aromatic N) is 4. The molecule has 6 nitrogen and oxygen atoms in total. The van der Waals surface area contributed by atoms with E-state index in [-0.39, 0.29) is 5.97 Å². The molecule has 2 aromatic carbocycles. The minimum absolute atomic E-state index is 0.272. The number of aromatic nitrogens is 3. The highest BCUT2D eigenvalue weighted by Crippen LogP contribution is 2.23. The van der Waals surface area contributed by atoms with Crippen molar-refractivity contribution in [1.29, 1.82) is 5.26 Å². The molecule has 1 aromatic heterocycles. The summed E-state index contributed by atoms with van der Waals surface area (Å²) < 4.78 is 7.01. The molecule has 0 fully saturated rings. The monoisotopic (exact) mass is 332 g/mol. The molecular formula is C19H16N4O2. The van der Waals surface area contributed by atoms with E-state index in [0.717, 1.165) is 11.1 Å². The zero-order valence-electron chi connectivity index (χ0n) is 13.5. The van der Waals surface area contributed by atoms with Crippen molar-refractivity contribution >= 4 is 5.97 Å². The Hall–Kier alpha value is -3.46. The van der Waals surface area contributed by atoms with E-state index in [9.17, 15) is 4.79 Å². The van der Waals surface area contributed by atoms with Crippen LogP contribution in [-0.4, -0.2) is 20.7 Å². The maximum absolute atomic E-state index is 11.9. The zero-order valence-corrected chi connectivity index (χ0v) is 13.5. The maximum Gasteiger partial charge on any atom is 0.311 e. The molecule has 0 spiro atoms. The number of nitriles is 1. The molecule has 0 atom stereocenters. The Morgan fingerprint density at radius 2 is 1.76 bits per heavy atom. The summed E-state index contributed by atoms with van der Waals surface area (Å²) in [5.41, 5.74) is 2.63. The second kappa shape index (κ2) is 7.88. The Morgan fingerprint density at radius 1 is 1.08 bits per heavy atom. The van der Waals surface area contributed by atoms with Crippen LogP contribution in [0.3, 0.4) is 0 Å². The molecule has 0 aliphatic heterocycles. The van der Waals surface area contributed by atoms with Crippen molar-refractivity contribution in [2.24, 2.45) is 0 Å². The summed E-state index contributed by atoms with van der Waals surface area (Å²) in [6.45, 7) is 0.632. The Bertz CT molecular complexity index is 863. The number of hydrogen-bond acceptors (Lipinski definition) is 5. The van der Waals surface area contributed by atoms with Gasteiger partial charge in [0.15, 0.2) is 0 Å². The van der Waals surface area contributed by atoms with E-state index in [4.69, 9.17) is 10.00 Å². The quantitative estimate of drug-likeness (QED) is 0.511. The fourth-order valence-electron chi connectivity index (χ4n) is 2.37. The van der Waals surface area contributed by atoms with Gasteiger partial charge in [-0.05, 0) is 41.8 Å². The van der Waals surface area contributed by atoms with Crippen LogP contribution in [-0.2, 0) is 11.3 Å². The van der Waals surface area contributed by atoms with Gasteiger partial charge in [0.2, 0.25) is 0 Å². The van der Waals surface area contributed by atoms with Gasteiger partial charge in [-0.2, -0.15) is 10.4 Å². The molecule has 0 N–H and O–H groups in total. The van der Waals surface area contributed by atoms with Crippen molar-refractivity contribution in [2.45, 2.75) is 19.4 Å². The van der Waals surface area contributed by atoms with Crippen molar-refractivity contribution in [3.8, 4) is 22.9 Å². The van der Waals surface area contributed by atoms with Crippen molar-refractivity contribution in [3.63, 3.8) is 0 Å². The summed E-state index contributed by atoms with van der Waals surface area (Å²) in [4.78, 5) is 15.7. The first-order valence-electron chi connectivity index (χ1n) is 7.88. The maximum atomic E-state index is 11.9. The summed E-state index contributed by atoms with van der Waals surface area (Å²) in [6.07, 6.45) is 4.05. The second-order valence-electron chi connectivity index (χ2n) is 5.45. The Kier molecular flexibility index (Phi) is 5.17. The van der Waals surface area contributed by atoms with Crippen LogP contribution in [0.15, 0.2) is 61.2 Å². The number of carbonyl (C=O) groups excluding carboxylic acids is 1. The molecule has 0 unspecified atom stereocenters. The third kappa shape index (κ3) is 4.52. The molecule has 0 bridgehead atoms. The first-order valence-corrected chi connectivity index (χ1v) is 7.88. The topological polar surface area (TPSA) is 80.8 Å². The number of esters is 1. The van der Waals surface area contributed by atoms with Gasteiger partial charge in [0, 0.05) is 13.0 Å². The highest BCUT2D eigenvalue weighted by atomic mass is 16.5. The predicted octanol–water partition coefficient (Wildman–Crippen LogP) is 3.20. The van der Waals surface area contributed by atoms with Crippen LogP contribution in [0.25, 0.3) is 11.1 Å². The van der Waals surface area contributed by atoms with Crippen molar-refractivity contribution in [2.75, 3.05) is 0 Å². The molecule has 3 aromatic rings. The average molecular weight is 332 g/mol. The average Bonchev–Trinajstić information content (AvgIpc) is 3.16. The van der Waals surface area contributed by atoms with Crippen molar-refractivity contribution in [3.05, 3.63) is 66.7 Å². The second-order valence-corrected chi connectivity index (χ2v) is 5.45. The van der Waals surface area contributed by atoms with Gasteiger partial charge in [-0.1, -0.05) is 24.3 Å². The largest absolute Gasteiger partial charge is 0.427 e. The van der Waals surface area contributed by atoms with Crippen molar-refractivity contribution < 1.29 is 9.53 Å². The lowest BCUT2D eigenvalue weighted by Crippen LogP contribution is -2.09. The van der Waals surface area contributed by atoms with Gasteiger partial charge in [-0.15, -0.1) is 0 Å². The van der Waals surface area contributed by atoms with E-state index in [1.807, 2.05) is 24.3 Å². The van der Waals surface area contributed by atoms with E-state index >= 15 is 0 Å². The van der Waals surface area contributed by atoms with Crippen LogP contribution in [0.2, 0.25) is 0 Å². The molecule has 25 heavy (non-hydrogen) atoms. The fraction of sp³-hybridized carbons (Fsp3) is 0.158. The van der Waals surface area contributed by atoms with E-state index in [1.54, 1.807) is 35.3 Å². The van der Waals surface area contributed by atoms with Crippen LogP contribution in [0.5, 0.6) is 5.75 Å². The standard InChI is InChI=1S/C19H16N4O2/c20-12-15-3-5-16(6-4-15)17-7-9-18(10-8-17)25-19(24)2-1-11-23-14-21-13-22-23/h3-10,13-14H,1-2,11H2. The Balaban J connectivity index is 1.53. The third-order valence-electron chi connectivity index (χ3n) is 3.67. The number of aryl methyl sites for hydroxylation is 1. The van der Waals surface area contributed by atoms with E-state index in [2.05, 4.69) is 16.2 Å². The number of benzene rings is 2. The van der Waals surface area contributed by atoms with E-state index < -0.39 is 0 Å². The lowest BCUT2D eigenvalue weighted by atomic mass is 10.0. The molecule has 0 radical (unpaired) electrons. The van der Waals surface area contributed by atoms with Crippen molar-refractivity contribution in [1.82, 2.24) is 14.8 Å². The lowest BCUT2D eigenvalue weighted by Gasteiger charge is -2.06. The predicted molar refractivity (Wildman–Crippen MR) is 91.5 cm³/mol. The lowest BCUT2D eigenvalue weighted by molar-refractivity contribution is -0.134. The summed E-state index contributed by atoms with van der Waals surface area (Å²) in [5, 5.41) is 12.8. The molecule has 0 amide bonds. The fourth-order valence-corrected chi connectivity index (χ4v) is 2.37. The minimum atomic E-state index is -0.272. The number of rotatable bonds is 6. The summed E-state index contributed by atoms with van der Waals surface area (Å²) in [5.74, 6) is 0.245. The summed E-state index contributed by atoms with van der Waals surface area (Å²) >= 11 is 0. The Labute approximate surface area is 145 Å². The molecule has 1 heterocycles. The molecule has 0 saturated heterocycles. The summed E-state index contributed by atoms with van der Waals surface area (Å²) in [7, 11) is 0. The van der Waals surface area contributed by atoms with Gasteiger partial charge in [-0.3, -0.25) is 9.48 Å². The molecular weight excluding hydrogens is 316 g/mol. The van der Waals surface area contributed by atoms with Gasteiger partial charge in [-0.25, -0.2) is 4.98 Å². The smallest absolute Gasteiger partial charge is 0.311 e. The van der Waals surface area contributed by atoms with Gasteiger partial charge >= 0.3 is 5.97 Å². The molecule has 0 saturated carbocycles. The van der Waals surface area contributed by atoms with Gasteiger partial charge < -0.3 is 4.74 Å². The molecule has 6 heteroatoms. The van der Waals surface area contributed by atoms with Crippen LogP contribution in [0.4, 0.5) is 0 Å². The van der Waals surface area contributed by atoms with Crippen LogP contribution in [0, 0.1) is 11.3 Å².